The van der Waals surface area contributed by atoms with Gasteiger partial charge in [0.05, 0.1) is 6.61 Å². The van der Waals surface area contributed by atoms with Crippen molar-refractivity contribution in [2.45, 2.75) is 33.2 Å². The first-order valence-electron chi connectivity index (χ1n) is 9.58. The molecule has 28 heavy (non-hydrogen) atoms. The van der Waals surface area contributed by atoms with E-state index in [1.807, 2.05) is 34.9 Å². The van der Waals surface area contributed by atoms with Crippen molar-refractivity contribution in [3.05, 3.63) is 51.2 Å². The Bertz CT molecular complexity index is 1030. The van der Waals surface area contributed by atoms with Gasteiger partial charge in [-0.15, -0.1) is 0 Å². The maximum atomic E-state index is 12.4. The number of aromatic amines is 1. The van der Waals surface area contributed by atoms with Gasteiger partial charge in [0.25, 0.3) is 5.56 Å². The average molecular weight is 385 g/mol. The predicted molar refractivity (Wildman–Crippen MR) is 110 cm³/mol. The summed E-state index contributed by atoms with van der Waals surface area (Å²) in [5.41, 5.74) is -0.117. The minimum atomic E-state index is -0.469. The Labute approximate surface area is 163 Å². The number of benzene rings is 1. The zero-order valence-corrected chi connectivity index (χ0v) is 16.6. The van der Waals surface area contributed by atoms with Gasteiger partial charge in [0.15, 0.2) is 11.2 Å². The lowest BCUT2D eigenvalue weighted by Gasteiger charge is -2.12. The van der Waals surface area contributed by atoms with Crippen molar-refractivity contribution in [1.29, 1.82) is 0 Å². The summed E-state index contributed by atoms with van der Waals surface area (Å²) in [7, 11) is 1.61. The van der Waals surface area contributed by atoms with Crippen LogP contribution in [-0.4, -0.2) is 32.3 Å². The smallest absolute Gasteiger partial charge is 0.329 e. The molecule has 1 aromatic carbocycles. The highest BCUT2D eigenvalue weighted by Crippen LogP contribution is 2.17. The molecular formula is C20H27N5O3. The summed E-state index contributed by atoms with van der Waals surface area (Å²) in [5.74, 6) is 1.97. The minimum absolute atomic E-state index is 0.379. The van der Waals surface area contributed by atoms with Crippen molar-refractivity contribution in [2.24, 2.45) is 13.0 Å². The van der Waals surface area contributed by atoms with Crippen LogP contribution in [0.3, 0.4) is 0 Å². The van der Waals surface area contributed by atoms with Crippen molar-refractivity contribution in [2.75, 3.05) is 18.5 Å². The molecule has 0 amide bonds. The molecule has 0 aliphatic heterocycles. The highest BCUT2D eigenvalue weighted by molar-refractivity contribution is 5.74. The van der Waals surface area contributed by atoms with E-state index >= 15 is 0 Å². The second kappa shape index (κ2) is 8.77. The molecule has 3 aromatic rings. The first kappa shape index (κ1) is 19.7. The van der Waals surface area contributed by atoms with Gasteiger partial charge >= 0.3 is 5.69 Å². The number of hydrogen-bond acceptors (Lipinski definition) is 5. The second-order valence-corrected chi connectivity index (χ2v) is 7.20. The lowest BCUT2D eigenvalue weighted by Crippen LogP contribution is -2.29. The Hall–Kier alpha value is -3.03. The van der Waals surface area contributed by atoms with Gasteiger partial charge < -0.3 is 14.6 Å². The number of para-hydroxylation sites is 1. The lowest BCUT2D eigenvalue weighted by atomic mass is 10.1. The molecule has 0 aliphatic carbocycles. The van der Waals surface area contributed by atoms with Crippen LogP contribution in [0.15, 0.2) is 39.9 Å². The van der Waals surface area contributed by atoms with Crippen LogP contribution in [0.5, 0.6) is 5.75 Å². The molecule has 0 fully saturated rings. The molecule has 150 valence electrons. The first-order valence-corrected chi connectivity index (χ1v) is 9.58. The third-order valence-corrected chi connectivity index (χ3v) is 4.55. The third-order valence-electron chi connectivity index (χ3n) is 4.55. The van der Waals surface area contributed by atoms with E-state index in [0.717, 1.165) is 18.7 Å². The van der Waals surface area contributed by atoms with Gasteiger partial charge in [-0.2, -0.15) is 4.98 Å². The van der Waals surface area contributed by atoms with Gasteiger partial charge in [0, 0.05) is 20.1 Å². The van der Waals surface area contributed by atoms with Crippen LogP contribution in [0.4, 0.5) is 5.95 Å². The van der Waals surface area contributed by atoms with Gasteiger partial charge in [0.2, 0.25) is 5.95 Å². The van der Waals surface area contributed by atoms with E-state index in [1.54, 1.807) is 7.05 Å². The zero-order chi connectivity index (χ0) is 20.1. The first-order chi connectivity index (χ1) is 13.5. The van der Waals surface area contributed by atoms with Crippen LogP contribution in [0, 0.1) is 5.92 Å². The van der Waals surface area contributed by atoms with Gasteiger partial charge in [-0.3, -0.25) is 14.3 Å². The number of imidazole rings is 1. The number of aromatic nitrogens is 4. The van der Waals surface area contributed by atoms with Crippen LogP contribution < -0.4 is 21.3 Å². The van der Waals surface area contributed by atoms with Crippen LogP contribution >= 0.6 is 0 Å². The summed E-state index contributed by atoms with van der Waals surface area (Å²) >= 11 is 0. The molecule has 3 rings (SSSR count). The van der Waals surface area contributed by atoms with Crippen molar-refractivity contribution in [3.8, 4) is 5.75 Å². The average Bonchev–Trinajstić information content (AvgIpc) is 3.03. The van der Waals surface area contributed by atoms with Crippen LogP contribution in [0.25, 0.3) is 11.2 Å². The number of ether oxygens (including phenoxy) is 1. The Balaban J connectivity index is 1.81. The number of fused-ring (bicyclic) bond motifs is 1. The molecule has 2 aromatic heterocycles. The summed E-state index contributed by atoms with van der Waals surface area (Å²) in [6.07, 6.45) is 1.68. The molecule has 2 N–H and O–H groups in total. The van der Waals surface area contributed by atoms with E-state index in [0.29, 0.717) is 42.6 Å². The molecule has 8 heteroatoms. The highest BCUT2D eigenvalue weighted by atomic mass is 16.5. The second-order valence-electron chi connectivity index (χ2n) is 7.20. The van der Waals surface area contributed by atoms with Crippen molar-refractivity contribution in [3.63, 3.8) is 0 Å². The van der Waals surface area contributed by atoms with Crippen LogP contribution in [0.1, 0.15) is 26.7 Å². The molecule has 0 saturated carbocycles. The molecule has 0 spiro atoms. The fourth-order valence-corrected chi connectivity index (χ4v) is 2.99. The summed E-state index contributed by atoms with van der Waals surface area (Å²) in [6, 6.07) is 9.61. The van der Waals surface area contributed by atoms with Crippen LogP contribution in [-0.2, 0) is 13.6 Å². The fourth-order valence-electron chi connectivity index (χ4n) is 2.99. The zero-order valence-electron chi connectivity index (χ0n) is 16.6. The molecule has 0 saturated heterocycles. The SMILES string of the molecule is CC(C)CCNc1nc2c(c(=O)[nH]c(=O)n2C)n1CCCOc1ccccc1. The lowest BCUT2D eigenvalue weighted by molar-refractivity contribution is 0.303. The molecule has 0 atom stereocenters. The monoisotopic (exact) mass is 385 g/mol. The third kappa shape index (κ3) is 4.44. The number of nitrogens with zero attached hydrogens (tertiary/aromatic N) is 3. The Morgan fingerprint density at radius 3 is 2.68 bits per heavy atom. The van der Waals surface area contributed by atoms with Crippen LogP contribution in [0.2, 0.25) is 0 Å². The van der Waals surface area contributed by atoms with E-state index in [4.69, 9.17) is 4.74 Å². The van der Waals surface area contributed by atoms with E-state index in [2.05, 4.69) is 29.1 Å². The summed E-state index contributed by atoms with van der Waals surface area (Å²) < 4.78 is 8.94. The molecule has 2 heterocycles. The van der Waals surface area contributed by atoms with E-state index in [1.165, 1.54) is 4.57 Å². The van der Waals surface area contributed by atoms with Crippen molar-refractivity contribution < 1.29 is 4.74 Å². The fraction of sp³-hybridized carbons (Fsp3) is 0.450. The highest BCUT2D eigenvalue weighted by Gasteiger charge is 2.17. The van der Waals surface area contributed by atoms with Gasteiger partial charge in [-0.1, -0.05) is 32.0 Å². The molecule has 0 aliphatic rings. The number of H-pyrrole nitrogens is 1. The van der Waals surface area contributed by atoms with Gasteiger partial charge in [0.1, 0.15) is 5.75 Å². The molecular weight excluding hydrogens is 358 g/mol. The molecule has 0 unspecified atom stereocenters. The number of nitrogens with one attached hydrogen (secondary N) is 2. The number of rotatable bonds is 9. The number of anilines is 1. The quantitative estimate of drug-likeness (QED) is 0.552. The number of aryl methyl sites for hydroxylation is 2. The minimum Gasteiger partial charge on any atom is -0.494 e. The Morgan fingerprint density at radius 1 is 1.21 bits per heavy atom. The normalized spacial score (nSPS) is 11.3. The topological polar surface area (TPSA) is 93.9 Å². The Morgan fingerprint density at radius 2 is 1.96 bits per heavy atom. The predicted octanol–water partition coefficient (Wildman–Crippen LogP) is 2.35. The van der Waals surface area contributed by atoms with Crippen molar-refractivity contribution in [1.82, 2.24) is 19.1 Å². The summed E-state index contributed by atoms with van der Waals surface area (Å²) in [5, 5.41) is 3.31. The van der Waals surface area contributed by atoms with E-state index in [-0.39, 0.29) is 0 Å². The standard InChI is InChI=1S/C20H27N5O3/c1-14(2)10-11-21-19-22-17-16(18(26)23-20(27)24(17)3)25(19)12-7-13-28-15-8-5-4-6-9-15/h4-6,8-9,14H,7,10-13H2,1-3H3,(H,21,22)(H,23,26,27). The van der Waals surface area contributed by atoms with Crippen molar-refractivity contribution >= 4 is 17.1 Å². The van der Waals surface area contributed by atoms with Gasteiger partial charge in [-0.05, 0) is 30.9 Å². The summed E-state index contributed by atoms with van der Waals surface area (Å²) in [6.45, 7) is 6.11. The maximum absolute atomic E-state index is 12.4. The molecule has 0 radical (unpaired) electrons. The molecule has 8 nitrogen and oxygen atoms in total. The van der Waals surface area contributed by atoms with E-state index < -0.39 is 11.2 Å². The van der Waals surface area contributed by atoms with Gasteiger partial charge in [-0.25, -0.2) is 4.79 Å². The number of hydrogen-bond donors (Lipinski definition) is 2. The van der Waals surface area contributed by atoms with E-state index in [9.17, 15) is 9.59 Å². The molecule has 0 bridgehead atoms. The Kier molecular flexibility index (Phi) is 6.18. The largest absolute Gasteiger partial charge is 0.494 e. The summed E-state index contributed by atoms with van der Waals surface area (Å²) in [4.78, 5) is 31.2. The maximum Gasteiger partial charge on any atom is 0.329 e.